The number of hydrogen-bond donors (Lipinski definition) is 2. The lowest BCUT2D eigenvalue weighted by atomic mass is 10.2. The van der Waals surface area contributed by atoms with E-state index in [0.29, 0.717) is 11.3 Å². The first-order valence-electron chi connectivity index (χ1n) is 3.74. The summed E-state index contributed by atoms with van der Waals surface area (Å²) in [4.78, 5) is 0. The van der Waals surface area contributed by atoms with Gasteiger partial charge in [-0.25, -0.2) is 4.39 Å². The summed E-state index contributed by atoms with van der Waals surface area (Å²) in [6, 6.07) is 4.81. The zero-order valence-electron chi connectivity index (χ0n) is 7.21. The van der Waals surface area contributed by atoms with Crippen molar-refractivity contribution >= 4 is 28.5 Å². The molecule has 0 amide bonds. The highest BCUT2D eigenvalue weighted by Crippen LogP contribution is 2.21. The molecule has 0 aromatic heterocycles. The lowest BCUT2D eigenvalue weighted by Crippen LogP contribution is -2.09. The fourth-order valence-corrected chi connectivity index (χ4v) is 1.64. The number of amidine groups is 1. The van der Waals surface area contributed by atoms with Crippen LogP contribution in [0.25, 0.3) is 0 Å². The molecule has 3 nitrogen and oxygen atoms in total. The van der Waals surface area contributed by atoms with Crippen molar-refractivity contribution < 1.29 is 4.39 Å². The maximum atomic E-state index is 13.3. The van der Waals surface area contributed by atoms with Gasteiger partial charge < -0.3 is 11.6 Å². The molecule has 0 atom stereocenters. The van der Waals surface area contributed by atoms with Crippen LogP contribution in [0, 0.1) is 5.82 Å². The molecule has 0 saturated heterocycles. The quantitative estimate of drug-likeness (QED) is 0.355. The van der Waals surface area contributed by atoms with Crippen LogP contribution < -0.4 is 11.6 Å². The Morgan fingerprint density at radius 3 is 2.93 bits per heavy atom. The molecule has 0 unspecified atom stereocenters. The SMILES string of the molecule is N/N=C(/N)SCc1cccc(Cl)c1F. The Kier molecular flexibility index (Phi) is 4.03. The topological polar surface area (TPSA) is 64.4 Å². The van der Waals surface area contributed by atoms with Gasteiger partial charge in [0.25, 0.3) is 0 Å². The molecule has 0 radical (unpaired) electrons. The van der Waals surface area contributed by atoms with Crippen LogP contribution in [0.5, 0.6) is 0 Å². The van der Waals surface area contributed by atoms with Gasteiger partial charge in [0.2, 0.25) is 0 Å². The van der Waals surface area contributed by atoms with Gasteiger partial charge in [0, 0.05) is 5.75 Å². The Morgan fingerprint density at radius 2 is 2.29 bits per heavy atom. The van der Waals surface area contributed by atoms with Gasteiger partial charge in [-0.1, -0.05) is 35.5 Å². The normalized spacial score (nSPS) is 11.7. The van der Waals surface area contributed by atoms with Gasteiger partial charge in [-0.2, -0.15) is 5.10 Å². The fraction of sp³-hybridized carbons (Fsp3) is 0.125. The minimum atomic E-state index is -0.425. The van der Waals surface area contributed by atoms with Gasteiger partial charge in [0.15, 0.2) is 5.17 Å². The Balaban J connectivity index is 2.73. The maximum absolute atomic E-state index is 13.3. The molecule has 6 heteroatoms. The molecule has 4 N–H and O–H groups in total. The van der Waals surface area contributed by atoms with E-state index in [4.69, 9.17) is 23.2 Å². The summed E-state index contributed by atoms with van der Waals surface area (Å²) in [5.41, 5.74) is 5.82. The smallest absolute Gasteiger partial charge is 0.177 e. The number of halogens is 2. The minimum absolute atomic E-state index is 0.103. The largest absolute Gasteiger partial charge is 0.377 e. The zero-order valence-corrected chi connectivity index (χ0v) is 8.78. The van der Waals surface area contributed by atoms with Gasteiger partial charge in [-0.3, -0.25) is 0 Å². The highest BCUT2D eigenvalue weighted by atomic mass is 35.5. The third-order valence-electron chi connectivity index (χ3n) is 1.53. The van der Waals surface area contributed by atoms with Crippen LogP contribution in [0.3, 0.4) is 0 Å². The van der Waals surface area contributed by atoms with Crippen molar-refractivity contribution in [2.24, 2.45) is 16.7 Å². The first-order valence-corrected chi connectivity index (χ1v) is 5.10. The number of nitrogens with zero attached hydrogens (tertiary/aromatic N) is 1. The van der Waals surface area contributed by atoms with Crippen molar-refractivity contribution in [1.29, 1.82) is 0 Å². The Labute approximate surface area is 90.3 Å². The van der Waals surface area contributed by atoms with E-state index < -0.39 is 5.82 Å². The molecule has 76 valence electrons. The Morgan fingerprint density at radius 1 is 1.57 bits per heavy atom. The van der Waals surface area contributed by atoms with E-state index in [1.807, 2.05) is 0 Å². The number of rotatable bonds is 2. The molecule has 0 spiro atoms. The van der Waals surface area contributed by atoms with Gasteiger partial charge in [-0.05, 0) is 11.6 Å². The molecule has 1 aromatic carbocycles. The molecule has 0 saturated carbocycles. The predicted octanol–water partition coefficient (Wildman–Crippen LogP) is 1.90. The number of nitrogens with two attached hydrogens (primary N) is 2. The number of hydrogen-bond acceptors (Lipinski definition) is 3. The zero-order chi connectivity index (χ0) is 10.6. The molecule has 14 heavy (non-hydrogen) atoms. The van der Waals surface area contributed by atoms with Crippen molar-refractivity contribution in [3.8, 4) is 0 Å². The lowest BCUT2D eigenvalue weighted by molar-refractivity contribution is 0.618. The highest BCUT2D eigenvalue weighted by Gasteiger charge is 2.06. The van der Waals surface area contributed by atoms with Crippen LogP contribution in [-0.2, 0) is 5.75 Å². The summed E-state index contributed by atoms with van der Waals surface area (Å²) in [5, 5.41) is 3.57. The number of thioether (sulfide) groups is 1. The first-order chi connectivity index (χ1) is 6.65. The summed E-state index contributed by atoms with van der Waals surface area (Å²) in [6.45, 7) is 0. The first kappa shape index (κ1) is 11.1. The average Bonchev–Trinajstić information content (AvgIpc) is 2.20. The van der Waals surface area contributed by atoms with E-state index in [0.717, 1.165) is 11.8 Å². The minimum Gasteiger partial charge on any atom is -0.377 e. The summed E-state index contributed by atoms with van der Waals surface area (Å²) in [6.07, 6.45) is 0. The molecule has 0 aliphatic heterocycles. The number of benzene rings is 1. The average molecular weight is 234 g/mol. The Bertz CT molecular complexity index is 356. The van der Waals surface area contributed by atoms with Gasteiger partial charge in [-0.15, -0.1) is 0 Å². The van der Waals surface area contributed by atoms with Crippen molar-refractivity contribution in [2.45, 2.75) is 5.75 Å². The van der Waals surface area contributed by atoms with Crippen LogP contribution in [-0.4, -0.2) is 5.17 Å². The monoisotopic (exact) mass is 233 g/mol. The third-order valence-corrected chi connectivity index (χ3v) is 2.68. The van der Waals surface area contributed by atoms with E-state index in [1.54, 1.807) is 12.1 Å². The van der Waals surface area contributed by atoms with Crippen molar-refractivity contribution in [2.75, 3.05) is 0 Å². The van der Waals surface area contributed by atoms with E-state index in [1.165, 1.54) is 6.07 Å². The van der Waals surface area contributed by atoms with Crippen molar-refractivity contribution in [3.05, 3.63) is 34.6 Å². The van der Waals surface area contributed by atoms with Crippen LogP contribution in [0.1, 0.15) is 5.56 Å². The highest BCUT2D eigenvalue weighted by molar-refractivity contribution is 8.13. The molecular formula is C8H9ClFN3S. The second-order valence-electron chi connectivity index (χ2n) is 2.47. The molecule has 0 aliphatic rings. The molecule has 0 heterocycles. The van der Waals surface area contributed by atoms with E-state index in [9.17, 15) is 4.39 Å². The van der Waals surface area contributed by atoms with Gasteiger partial charge in [0.1, 0.15) is 5.82 Å². The maximum Gasteiger partial charge on any atom is 0.177 e. The predicted molar refractivity (Wildman–Crippen MR) is 58.5 cm³/mol. The summed E-state index contributed by atoms with van der Waals surface area (Å²) < 4.78 is 13.3. The van der Waals surface area contributed by atoms with Crippen LogP contribution in [0.2, 0.25) is 5.02 Å². The van der Waals surface area contributed by atoms with E-state index >= 15 is 0 Å². The number of hydrazone groups is 1. The molecule has 0 fully saturated rings. The van der Waals surface area contributed by atoms with Gasteiger partial charge >= 0.3 is 0 Å². The van der Waals surface area contributed by atoms with Crippen LogP contribution >= 0.6 is 23.4 Å². The van der Waals surface area contributed by atoms with Gasteiger partial charge in [0.05, 0.1) is 5.02 Å². The van der Waals surface area contributed by atoms with Crippen LogP contribution in [0.4, 0.5) is 4.39 Å². The standard InChI is InChI=1S/C8H9ClFN3S/c9-6-3-1-2-5(7(6)10)4-14-8(11)13-12/h1-3H,4,12H2,(H2,11,13). The summed E-state index contributed by atoms with van der Waals surface area (Å²) in [5.74, 6) is 4.86. The van der Waals surface area contributed by atoms with E-state index in [2.05, 4.69) is 5.10 Å². The Hall–Kier alpha value is -0.940. The van der Waals surface area contributed by atoms with Crippen molar-refractivity contribution in [1.82, 2.24) is 0 Å². The third kappa shape index (κ3) is 2.78. The molecule has 1 aromatic rings. The van der Waals surface area contributed by atoms with Crippen LogP contribution in [0.15, 0.2) is 23.3 Å². The molecule has 0 aliphatic carbocycles. The fourth-order valence-electron chi connectivity index (χ4n) is 0.849. The molecular weight excluding hydrogens is 225 g/mol. The van der Waals surface area contributed by atoms with Crippen molar-refractivity contribution in [3.63, 3.8) is 0 Å². The summed E-state index contributed by atoms with van der Waals surface area (Å²) in [7, 11) is 0. The molecule has 1 rings (SSSR count). The second kappa shape index (κ2) is 5.07. The summed E-state index contributed by atoms with van der Waals surface area (Å²) >= 11 is 6.75. The lowest BCUT2D eigenvalue weighted by Gasteiger charge is -2.03. The second-order valence-corrected chi connectivity index (χ2v) is 3.87. The van der Waals surface area contributed by atoms with E-state index in [-0.39, 0.29) is 10.2 Å². The molecule has 0 bridgehead atoms.